The molecule has 0 atom stereocenters. The Morgan fingerprint density at radius 2 is 2.12 bits per heavy atom. The molecule has 0 N–H and O–H groups in total. The van der Waals surface area contributed by atoms with Crippen molar-refractivity contribution in [3.63, 3.8) is 0 Å². The van der Waals surface area contributed by atoms with Gasteiger partial charge in [0.1, 0.15) is 5.82 Å². The minimum absolute atomic E-state index is 0.417. The van der Waals surface area contributed by atoms with E-state index in [0.29, 0.717) is 12.0 Å². The van der Waals surface area contributed by atoms with Gasteiger partial charge in [0, 0.05) is 12.0 Å². The van der Waals surface area contributed by atoms with Gasteiger partial charge in [0.2, 0.25) is 0 Å². The average Bonchev–Trinajstić information content (AvgIpc) is 2.99. The van der Waals surface area contributed by atoms with Crippen LogP contribution in [0.5, 0.6) is 0 Å². The van der Waals surface area contributed by atoms with Crippen LogP contribution in [0.2, 0.25) is 5.02 Å². The second-order valence-corrected chi connectivity index (χ2v) is 5.22. The molecule has 0 spiro atoms. The summed E-state index contributed by atoms with van der Waals surface area (Å²) >= 11 is 6.28. The summed E-state index contributed by atoms with van der Waals surface area (Å²) < 4.78 is 2.30. The van der Waals surface area contributed by atoms with Gasteiger partial charge in [-0.05, 0) is 38.8 Å². The van der Waals surface area contributed by atoms with Gasteiger partial charge in [-0.2, -0.15) is 0 Å². The molecule has 1 heterocycles. The van der Waals surface area contributed by atoms with Crippen LogP contribution in [0.25, 0.3) is 11.0 Å². The van der Waals surface area contributed by atoms with Crippen molar-refractivity contribution in [3.05, 3.63) is 29.0 Å². The summed E-state index contributed by atoms with van der Waals surface area (Å²) in [6.45, 7) is 4.38. The van der Waals surface area contributed by atoms with Gasteiger partial charge in [0.15, 0.2) is 0 Å². The molecule has 3 rings (SSSR count). The first-order valence-corrected chi connectivity index (χ1v) is 6.22. The molecule has 1 aromatic carbocycles. The lowest BCUT2D eigenvalue weighted by molar-refractivity contribution is 0.585. The molecule has 1 aromatic heterocycles. The fraction of sp³-hybridized carbons (Fsp3) is 0.462. The van der Waals surface area contributed by atoms with Crippen LogP contribution >= 0.6 is 11.6 Å². The zero-order chi connectivity index (χ0) is 11.3. The number of nitrogens with zero attached hydrogens (tertiary/aromatic N) is 2. The first-order chi connectivity index (χ1) is 7.68. The maximum absolute atomic E-state index is 6.28. The summed E-state index contributed by atoms with van der Waals surface area (Å²) in [5.74, 6) is 1.88. The topological polar surface area (TPSA) is 17.8 Å². The summed E-state index contributed by atoms with van der Waals surface area (Å²) in [7, 11) is 0. The molecule has 2 aromatic rings. The Bertz CT molecular complexity index is 538. The lowest BCUT2D eigenvalue weighted by Gasteiger charge is -2.13. The van der Waals surface area contributed by atoms with Crippen LogP contribution in [0.15, 0.2) is 18.2 Å². The molecule has 0 amide bonds. The van der Waals surface area contributed by atoms with Crippen LogP contribution in [0.3, 0.4) is 0 Å². The van der Waals surface area contributed by atoms with Gasteiger partial charge >= 0.3 is 0 Å². The van der Waals surface area contributed by atoms with Crippen LogP contribution in [0, 0.1) is 0 Å². The van der Waals surface area contributed by atoms with Gasteiger partial charge in [0.05, 0.1) is 16.1 Å². The fourth-order valence-electron chi connectivity index (χ4n) is 2.28. The molecule has 1 fully saturated rings. The van der Waals surface area contributed by atoms with E-state index in [1.165, 1.54) is 18.7 Å². The van der Waals surface area contributed by atoms with Gasteiger partial charge in [-0.3, -0.25) is 0 Å². The quantitative estimate of drug-likeness (QED) is 0.763. The molecule has 0 bridgehead atoms. The molecule has 3 heteroatoms. The third kappa shape index (κ3) is 1.44. The van der Waals surface area contributed by atoms with E-state index in [1.54, 1.807) is 0 Å². The number of hydrogen-bond acceptors (Lipinski definition) is 1. The van der Waals surface area contributed by atoms with Crippen molar-refractivity contribution in [2.75, 3.05) is 0 Å². The van der Waals surface area contributed by atoms with Crippen LogP contribution in [-0.4, -0.2) is 9.55 Å². The average molecular weight is 235 g/mol. The number of aromatic nitrogens is 2. The van der Waals surface area contributed by atoms with Crippen molar-refractivity contribution in [2.45, 2.75) is 38.6 Å². The minimum atomic E-state index is 0.417. The van der Waals surface area contributed by atoms with Crippen molar-refractivity contribution >= 4 is 22.6 Å². The molecule has 1 saturated carbocycles. The highest BCUT2D eigenvalue weighted by atomic mass is 35.5. The first-order valence-electron chi connectivity index (χ1n) is 5.85. The fourth-order valence-corrected chi connectivity index (χ4v) is 2.54. The normalized spacial score (nSPS) is 16.2. The Balaban J connectivity index is 2.34. The van der Waals surface area contributed by atoms with Gasteiger partial charge in [-0.1, -0.05) is 17.7 Å². The summed E-state index contributed by atoms with van der Waals surface area (Å²) in [4.78, 5) is 4.74. The smallest absolute Gasteiger partial charge is 0.113 e. The standard InChI is InChI=1S/C13H15ClN2/c1-8(2)16-12-10(14)4-3-5-11(12)15-13(16)9-6-7-9/h3-5,8-9H,6-7H2,1-2H3. The van der Waals surface area contributed by atoms with Crippen LogP contribution in [0.4, 0.5) is 0 Å². The van der Waals surface area contributed by atoms with E-state index in [0.717, 1.165) is 16.1 Å². The molecule has 84 valence electrons. The van der Waals surface area contributed by atoms with Gasteiger partial charge in [-0.15, -0.1) is 0 Å². The number of halogens is 1. The monoisotopic (exact) mass is 234 g/mol. The maximum atomic E-state index is 6.28. The molecule has 16 heavy (non-hydrogen) atoms. The Morgan fingerprint density at radius 1 is 1.38 bits per heavy atom. The Hall–Kier alpha value is -1.02. The molecule has 1 aliphatic carbocycles. The van der Waals surface area contributed by atoms with Crippen LogP contribution in [-0.2, 0) is 0 Å². The van der Waals surface area contributed by atoms with E-state index in [2.05, 4.69) is 18.4 Å². The SMILES string of the molecule is CC(C)n1c(C2CC2)nc2cccc(Cl)c21. The molecule has 0 unspecified atom stereocenters. The van der Waals surface area contributed by atoms with E-state index < -0.39 is 0 Å². The van der Waals surface area contributed by atoms with Gasteiger partial charge in [0.25, 0.3) is 0 Å². The molecule has 0 aliphatic heterocycles. The van der Waals surface area contributed by atoms with Crippen molar-refractivity contribution in [1.82, 2.24) is 9.55 Å². The molecule has 2 nitrogen and oxygen atoms in total. The lowest BCUT2D eigenvalue weighted by Crippen LogP contribution is -2.05. The molecular weight excluding hydrogens is 220 g/mol. The predicted molar refractivity (Wildman–Crippen MR) is 67.1 cm³/mol. The third-order valence-electron chi connectivity index (χ3n) is 3.15. The number of benzene rings is 1. The Labute approximate surface area is 100 Å². The summed E-state index contributed by atoms with van der Waals surface area (Å²) in [6.07, 6.45) is 2.54. The number of rotatable bonds is 2. The van der Waals surface area contributed by atoms with E-state index >= 15 is 0 Å². The zero-order valence-electron chi connectivity index (χ0n) is 9.57. The lowest BCUT2D eigenvalue weighted by atomic mass is 10.3. The Kier molecular flexibility index (Phi) is 2.21. The highest BCUT2D eigenvalue weighted by Gasteiger charge is 2.30. The van der Waals surface area contributed by atoms with Crippen LogP contribution < -0.4 is 0 Å². The number of imidazole rings is 1. The van der Waals surface area contributed by atoms with Gasteiger partial charge < -0.3 is 4.57 Å². The second kappa shape index (κ2) is 3.49. The molecular formula is C13H15ClN2. The Morgan fingerprint density at radius 3 is 2.75 bits per heavy atom. The van der Waals surface area contributed by atoms with E-state index in [-0.39, 0.29) is 0 Å². The van der Waals surface area contributed by atoms with Crippen molar-refractivity contribution < 1.29 is 0 Å². The molecule has 1 aliphatic rings. The van der Waals surface area contributed by atoms with Crippen molar-refractivity contribution in [1.29, 1.82) is 0 Å². The highest BCUT2D eigenvalue weighted by Crippen LogP contribution is 2.42. The van der Waals surface area contributed by atoms with E-state index in [9.17, 15) is 0 Å². The highest BCUT2D eigenvalue weighted by molar-refractivity contribution is 6.35. The van der Waals surface area contributed by atoms with Gasteiger partial charge in [-0.25, -0.2) is 4.98 Å². The second-order valence-electron chi connectivity index (χ2n) is 4.82. The van der Waals surface area contributed by atoms with Crippen LogP contribution in [0.1, 0.15) is 44.5 Å². The predicted octanol–water partition coefficient (Wildman–Crippen LogP) is 4.15. The maximum Gasteiger partial charge on any atom is 0.113 e. The summed E-state index contributed by atoms with van der Waals surface area (Å²) in [5.41, 5.74) is 2.13. The largest absolute Gasteiger partial charge is 0.324 e. The third-order valence-corrected chi connectivity index (χ3v) is 3.45. The first kappa shape index (κ1) is 10.2. The van der Waals surface area contributed by atoms with E-state index in [1.807, 2.05) is 18.2 Å². The zero-order valence-corrected chi connectivity index (χ0v) is 10.3. The molecule has 0 radical (unpaired) electrons. The number of hydrogen-bond donors (Lipinski definition) is 0. The van der Waals surface area contributed by atoms with Crippen molar-refractivity contribution in [2.24, 2.45) is 0 Å². The number of para-hydroxylation sites is 1. The molecule has 0 saturated heterocycles. The van der Waals surface area contributed by atoms with E-state index in [4.69, 9.17) is 16.6 Å². The van der Waals surface area contributed by atoms with Crippen molar-refractivity contribution in [3.8, 4) is 0 Å². The number of fused-ring (bicyclic) bond motifs is 1. The minimum Gasteiger partial charge on any atom is -0.324 e. The summed E-state index contributed by atoms with van der Waals surface area (Å²) in [5, 5.41) is 0.811. The summed E-state index contributed by atoms with van der Waals surface area (Å²) in [6, 6.07) is 6.38.